The second-order valence-electron chi connectivity index (χ2n) is 4.81. The van der Waals surface area contributed by atoms with E-state index >= 15 is 0 Å². The SMILES string of the molecule is Fc1cccc(Br)c1NCCc1ccc2c(c1)CCO2. The van der Waals surface area contributed by atoms with Gasteiger partial charge in [-0.05, 0) is 51.7 Å². The third-order valence-corrected chi connectivity index (χ3v) is 4.09. The molecule has 2 nitrogen and oxygen atoms in total. The molecule has 104 valence electrons. The molecule has 1 aliphatic heterocycles. The van der Waals surface area contributed by atoms with Gasteiger partial charge in [-0.3, -0.25) is 0 Å². The van der Waals surface area contributed by atoms with Crippen molar-refractivity contribution in [2.24, 2.45) is 0 Å². The molecule has 2 aromatic rings. The molecule has 1 aliphatic rings. The highest BCUT2D eigenvalue weighted by Crippen LogP contribution is 2.27. The number of rotatable bonds is 4. The van der Waals surface area contributed by atoms with Crippen LogP contribution >= 0.6 is 15.9 Å². The average Bonchev–Trinajstić information content (AvgIpc) is 2.89. The van der Waals surface area contributed by atoms with Gasteiger partial charge in [-0.1, -0.05) is 18.2 Å². The maximum Gasteiger partial charge on any atom is 0.147 e. The molecule has 20 heavy (non-hydrogen) atoms. The molecule has 1 N–H and O–H groups in total. The van der Waals surface area contributed by atoms with E-state index in [-0.39, 0.29) is 5.82 Å². The van der Waals surface area contributed by atoms with Gasteiger partial charge in [0, 0.05) is 17.4 Å². The van der Waals surface area contributed by atoms with E-state index in [1.54, 1.807) is 6.07 Å². The lowest BCUT2D eigenvalue weighted by Crippen LogP contribution is -2.07. The van der Waals surface area contributed by atoms with E-state index in [2.05, 4.69) is 33.4 Å². The van der Waals surface area contributed by atoms with Crippen molar-refractivity contribution in [3.05, 3.63) is 57.8 Å². The van der Waals surface area contributed by atoms with Gasteiger partial charge in [-0.15, -0.1) is 0 Å². The topological polar surface area (TPSA) is 21.3 Å². The van der Waals surface area contributed by atoms with Gasteiger partial charge in [0.2, 0.25) is 0 Å². The molecule has 0 aromatic heterocycles. The first-order valence-electron chi connectivity index (χ1n) is 6.66. The second-order valence-corrected chi connectivity index (χ2v) is 5.67. The molecule has 1 heterocycles. The lowest BCUT2D eigenvalue weighted by atomic mass is 10.1. The van der Waals surface area contributed by atoms with Gasteiger partial charge in [0.25, 0.3) is 0 Å². The van der Waals surface area contributed by atoms with Crippen LogP contribution in [0.5, 0.6) is 5.75 Å². The Kier molecular flexibility index (Phi) is 3.92. The minimum absolute atomic E-state index is 0.235. The van der Waals surface area contributed by atoms with Gasteiger partial charge in [-0.25, -0.2) is 4.39 Å². The van der Waals surface area contributed by atoms with E-state index in [1.807, 2.05) is 12.1 Å². The van der Waals surface area contributed by atoms with E-state index in [9.17, 15) is 4.39 Å². The van der Waals surface area contributed by atoms with Crippen LogP contribution < -0.4 is 10.1 Å². The second kappa shape index (κ2) is 5.83. The summed E-state index contributed by atoms with van der Waals surface area (Å²) >= 11 is 3.36. The zero-order valence-corrected chi connectivity index (χ0v) is 12.5. The number of hydrogen-bond donors (Lipinski definition) is 1. The molecule has 0 saturated carbocycles. The highest BCUT2D eigenvalue weighted by molar-refractivity contribution is 9.10. The number of benzene rings is 2. The van der Waals surface area contributed by atoms with Gasteiger partial charge in [-0.2, -0.15) is 0 Å². The third-order valence-electron chi connectivity index (χ3n) is 3.43. The van der Waals surface area contributed by atoms with E-state index in [4.69, 9.17) is 4.74 Å². The maximum absolute atomic E-state index is 13.6. The Morgan fingerprint density at radius 2 is 2.15 bits per heavy atom. The molecule has 0 amide bonds. The van der Waals surface area contributed by atoms with Crippen LogP contribution in [0.1, 0.15) is 11.1 Å². The van der Waals surface area contributed by atoms with Crippen molar-refractivity contribution in [2.75, 3.05) is 18.5 Å². The van der Waals surface area contributed by atoms with Crippen molar-refractivity contribution in [3.63, 3.8) is 0 Å². The Morgan fingerprint density at radius 3 is 3.00 bits per heavy atom. The summed E-state index contributed by atoms with van der Waals surface area (Å²) in [6, 6.07) is 11.3. The maximum atomic E-state index is 13.6. The molecule has 0 fully saturated rings. The van der Waals surface area contributed by atoms with Crippen LogP contribution in [0.15, 0.2) is 40.9 Å². The van der Waals surface area contributed by atoms with Gasteiger partial charge in [0.1, 0.15) is 11.6 Å². The molecule has 0 unspecified atom stereocenters. The summed E-state index contributed by atoms with van der Waals surface area (Å²) in [5, 5.41) is 3.14. The van der Waals surface area contributed by atoms with Crippen molar-refractivity contribution in [3.8, 4) is 5.75 Å². The third kappa shape index (κ3) is 2.80. The monoisotopic (exact) mass is 335 g/mol. The summed E-state index contributed by atoms with van der Waals surface area (Å²) < 4.78 is 19.9. The van der Waals surface area contributed by atoms with E-state index in [0.29, 0.717) is 12.2 Å². The fraction of sp³-hybridized carbons (Fsp3) is 0.250. The fourth-order valence-corrected chi connectivity index (χ4v) is 2.88. The molecule has 0 saturated heterocycles. The molecular weight excluding hydrogens is 321 g/mol. The lowest BCUT2D eigenvalue weighted by Gasteiger charge is -2.10. The van der Waals surface area contributed by atoms with Crippen LogP contribution in [0.2, 0.25) is 0 Å². The Labute approximate surface area is 126 Å². The lowest BCUT2D eigenvalue weighted by molar-refractivity contribution is 0.357. The fourth-order valence-electron chi connectivity index (χ4n) is 2.39. The number of ether oxygens (including phenoxy) is 1. The normalized spacial score (nSPS) is 12.9. The molecule has 4 heteroatoms. The largest absolute Gasteiger partial charge is 0.493 e. The van der Waals surface area contributed by atoms with Gasteiger partial charge in [0.05, 0.1) is 12.3 Å². The summed E-state index contributed by atoms with van der Waals surface area (Å²) in [5.41, 5.74) is 3.04. The number of fused-ring (bicyclic) bond motifs is 1. The molecule has 0 atom stereocenters. The van der Waals surface area contributed by atoms with Crippen molar-refractivity contribution in [1.29, 1.82) is 0 Å². The molecule has 0 bridgehead atoms. The van der Waals surface area contributed by atoms with Crippen molar-refractivity contribution < 1.29 is 9.13 Å². The summed E-state index contributed by atoms with van der Waals surface area (Å²) in [6.07, 6.45) is 1.84. The minimum Gasteiger partial charge on any atom is -0.493 e. The number of nitrogens with one attached hydrogen (secondary N) is 1. The first kappa shape index (κ1) is 13.4. The van der Waals surface area contributed by atoms with Crippen LogP contribution in [0.3, 0.4) is 0 Å². The van der Waals surface area contributed by atoms with Gasteiger partial charge < -0.3 is 10.1 Å². The summed E-state index contributed by atoms with van der Waals surface area (Å²) in [6.45, 7) is 1.47. The number of halogens is 2. The van der Waals surface area contributed by atoms with Crippen molar-refractivity contribution in [2.45, 2.75) is 12.8 Å². The van der Waals surface area contributed by atoms with Crippen LogP contribution in [0.4, 0.5) is 10.1 Å². The number of hydrogen-bond acceptors (Lipinski definition) is 2. The van der Waals surface area contributed by atoms with Gasteiger partial charge in [0.15, 0.2) is 0 Å². The van der Waals surface area contributed by atoms with E-state index in [0.717, 1.165) is 29.7 Å². The summed E-state index contributed by atoms with van der Waals surface area (Å²) in [7, 11) is 0. The quantitative estimate of drug-likeness (QED) is 0.905. The van der Waals surface area contributed by atoms with Crippen LogP contribution in [-0.2, 0) is 12.8 Å². The highest BCUT2D eigenvalue weighted by Gasteiger charge is 2.12. The van der Waals surface area contributed by atoms with Crippen LogP contribution in [0.25, 0.3) is 0 Å². The number of anilines is 1. The predicted molar refractivity (Wildman–Crippen MR) is 81.9 cm³/mol. The highest BCUT2D eigenvalue weighted by atomic mass is 79.9. The first-order valence-corrected chi connectivity index (χ1v) is 7.46. The average molecular weight is 336 g/mol. The molecule has 3 rings (SSSR count). The summed E-state index contributed by atoms with van der Waals surface area (Å²) in [4.78, 5) is 0. The Hall–Kier alpha value is -1.55. The zero-order chi connectivity index (χ0) is 13.9. The van der Waals surface area contributed by atoms with Crippen LogP contribution in [0, 0.1) is 5.82 Å². The Bertz CT molecular complexity index is 610. The molecule has 0 radical (unpaired) electrons. The predicted octanol–water partition coefficient (Wildman–Crippen LogP) is 4.18. The van der Waals surface area contributed by atoms with Crippen molar-refractivity contribution >= 4 is 21.6 Å². The van der Waals surface area contributed by atoms with E-state index < -0.39 is 0 Å². The van der Waals surface area contributed by atoms with E-state index in [1.165, 1.54) is 17.2 Å². The Balaban J connectivity index is 1.63. The molecule has 0 spiro atoms. The molecular formula is C16H15BrFNO. The van der Waals surface area contributed by atoms with Gasteiger partial charge >= 0.3 is 0 Å². The smallest absolute Gasteiger partial charge is 0.147 e. The zero-order valence-electron chi connectivity index (χ0n) is 11.0. The molecule has 0 aliphatic carbocycles. The molecule has 2 aromatic carbocycles. The minimum atomic E-state index is -0.235. The van der Waals surface area contributed by atoms with Crippen molar-refractivity contribution in [1.82, 2.24) is 0 Å². The number of para-hydroxylation sites is 1. The standard InChI is InChI=1S/C16H15BrFNO/c17-13-2-1-3-14(18)16(13)19-8-6-11-4-5-15-12(10-11)7-9-20-15/h1-5,10,19H,6-9H2. The first-order chi connectivity index (χ1) is 9.74. The Morgan fingerprint density at radius 1 is 1.25 bits per heavy atom. The summed E-state index contributed by atoms with van der Waals surface area (Å²) in [5.74, 6) is 0.764. The van der Waals surface area contributed by atoms with Crippen LogP contribution in [-0.4, -0.2) is 13.2 Å².